The Balaban J connectivity index is 2.10. The van der Waals surface area contributed by atoms with Crippen LogP contribution in [0, 0.1) is 0 Å². The molecule has 0 aliphatic carbocycles. The van der Waals surface area contributed by atoms with Crippen molar-refractivity contribution in [1.82, 2.24) is 24.7 Å². The summed E-state index contributed by atoms with van der Waals surface area (Å²) in [5.74, 6) is 0.793. The third-order valence-corrected chi connectivity index (χ3v) is 3.00. The molecule has 0 fully saturated rings. The fourth-order valence-corrected chi connectivity index (χ4v) is 1.99. The van der Waals surface area contributed by atoms with Gasteiger partial charge in [-0.05, 0) is 29.8 Å². The molecule has 2 aromatic heterocycles. The Morgan fingerprint density at radius 3 is 2.42 bits per heavy atom. The second-order valence-electron chi connectivity index (χ2n) is 3.64. The minimum atomic E-state index is 0.182. The van der Waals surface area contributed by atoms with Crippen molar-refractivity contribution in [1.29, 1.82) is 0 Å². The van der Waals surface area contributed by atoms with E-state index in [4.69, 9.17) is 23.2 Å². The lowest BCUT2D eigenvalue weighted by Crippen LogP contribution is -2.02. The minimum Gasteiger partial charge on any atom is -0.220 e. The van der Waals surface area contributed by atoms with E-state index < -0.39 is 0 Å². The standard InChI is InChI=1S/C12H7Cl2N5/c13-9-5-2-1-4-8(9)10-17-11(14)19(18-10)12-15-6-3-7-16-12/h1-7H. The number of aromatic nitrogens is 5. The summed E-state index contributed by atoms with van der Waals surface area (Å²) in [6.45, 7) is 0. The molecule has 1 aromatic carbocycles. The molecule has 0 saturated carbocycles. The summed E-state index contributed by atoms with van der Waals surface area (Å²) in [5.41, 5.74) is 0.709. The molecule has 0 radical (unpaired) electrons. The van der Waals surface area contributed by atoms with E-state index in [1.54, 1.807) is 24.5 Å². The van der Waals surface area contributed by atoms with Gasteiger partial charge in [0.05, 0.1) is 5.02 Å². The van der Waals surface area contributed by atoms with Gasteiger partial charge in [0.1, 0.15) is 0 Å². The van der Waals surface area contributed by atoms with Crippen LogP contribution in [0.2, 0.25) is 10.3 Å². The Morgan fingerprint density at radius 2 is 1.68 bits per heavy atom. The first-order chi connectivity index (χ1) is 9.25. The molecule has 0 N–H and O–H groups in total. The first-order valence-corrected chi connectivity index (χ1v) is 6.16. The first kappa shape index (κ1) is 12.1. The highest BCUT2D eigenvalue weighted by molar-refractivity contribution is 6.33. The van der Waals surface area contributed by atoms with Crippen LogP contribution >= 0.6 is 23.2 Å². The van der Waals surface area contributed by atoms with Crippen molar-refractivity contribution in [2.75, 3.05) is 0 Å². The molecular formula is C12H7Cl2N5. The van der Waals surface area contributed by atoms with Gasteiger partial charge in [-0.1, -0.05) is 23.7 Å². The van der Waals surface area contributed by atoms with Crippen LogP contribution in [0.15, 0.2) is 42.7 Å². The molecule has 0 amide bonds. The molecule has 0 saturated heterocycles. The molecule has 0 aliphatic heterocycles. The quantitative estimate of drug-likeness (QED) is 0.728. The van der Waals surface area contributed by atoms with Crippen LogP contribution in [-0.4, -0.2) is 24.7 Å². The van der Waals surface area contributed by atoms with E-state index in [0.29, 0.717) is 22.4 Å². The molecule has 0 aliphatic rings. The van der Waals surface area contributed by atoms with Gasteiger partial charge in [0.2, 0.25) is 5.28 Å². The Hall–Kier alpha value is -1.98. The highest BCUT2D eigenvalue weighted by Gasteiger charge is 2.14. The molecule has 3 aromatic rings. The summed E-state index contributed by atoms with van der Waals surface area (Å²) in [4.78, 5) is 12.3. The topological polar surface area (TPSA) is 56.5 Å². The lowest BCUT2D eigenvalue weighted by molar-refractivity contribution is 0.809. The molecule has 19 heavy (non-hydrogen) atoms. The van der Waals surface area contributed by atoms with Gasteiger partial charge in [0.15, 0.2) is 5.82 Å². The molecule has 2 heterocycles. The summed E-state index contributed by atoms with van der Waals surface area (Å²) in [5, 5.41) is 5.02. The van der Waals surface area contributed by atoms with Gasteiger partial charge in [0.25, 0.3) is 5.95 Å². The van der Waals surface area contributed by atoms with E-state index in [2.05, 4.69) is 20.1 Å². The number of rotatable bonds is 2. The van der Waals surface area contributed by atoms with Crippen molar-refractivity contribution in [2.45, 2.75) is 0 Å². The second kappa shape index (κ2) is 4.95. The van der Waals surface area contributed by atoms with Gasteiger partial charge in [-0.15, -0.1) is 5.10 Å². The summed E-state index contributed by atoms with van der Waals surface area (Å²) in [6, 6.07) is 9.00. The Morgan fingerprint density at radius 1 is 0.947 bits per heavy atom. The maximum absolute atomic E-state index is 6.10. The van der Waals surface area contributed by atoms with Crippen LogP contribution in [0.4, 0.5) is 0 Å². The summed E-state index contributed by atoms with van der Waals surface area (Å²) in [7, 11) is 0. The molecule has 0 unspecified atom stereocenters. The van der Waals surface area contributed by atoms with E-state index in [0.717, 1.165) is 0 Å². The van der Waals surface area contributed by atoms with Gasteiger partial charge in [-0.25, -0.2) is 9.97 Å². The van der Waals surface area contributed by atoms with Crippen molar-refractivity contribution < 1.29 is 0 Å². The lowest BCUT2D eigenvalue weighted by atomic mass is 10.2. The zero-order valence-corrected chi connectivity index (χ0v) is 11.0. The Kier molecular flexibility index (Phi) is 3.15. The van der Waals surface area contributed by atoms with Crippen molar-refractivity contribution >= 4 is 23.2 Å². The van der Waals surface area contributed by atoms with Crippen LogP contribution < -0.4 is 0 Å². The van der Waals surface area contributed by atoms with Crippen LogP contribution in [0.1, 0.15) is 0 Å². The number of hydrogen-bond acceptors (Lipinski definition) is 4. The molecule has 0 spiro atoms. The average Bonchev–Trinajstić information content (AvgIpc) is 2.82. The van der Waals surface area contributed by atoms with E-state index in [9.17, 15) is 0 Å². The largest absolute Gasteiger partial charge is 0.253 e. The maximum Gasteiger partial charge on any atom is 0.253 e. The fraction of sp³-hybridized carbons (Fsp3) is 0. The molecule has 3 rings (SSSR count). The van der Waals surface area contributed by atoms with Gasteiger partial charge in [-0.2, -0.15) is 9.67 Å². The van der Waals surface area contributed by atoms with E-state index in [-0.39, 0.29) is 5.28 Å². The molecule has 5 nitrogen and oxygen atoms in total. The number of halogens is 2. The average molecular weight is 292 g/mol. The summed E-state index contributed by atoms with van der Waals surface area (Å²) >= 11 is 12.2. The van der Waals surface area contributed by atoms with E-state index in [1.165, 1.54) is 4.68 Å². The SMILES string of the molecule is Clc1ccccc1-c1nc(Cl)n(-c2ncccn2)n1. The van der Waals surface area contributed by atoms with Gasteiger partial charge >= 0.3 is 0 Å². The highest BCUT2D eigenvalue weighted by atomic mass is 35.5. The molecule has 94 valence electrons. The van der Waals surface area contributed by atoms with Crippen LogP contribution in [0.25, 0.3) is 17.3 Å². The third-order valence-electron chi connectivity index (χ3n) is 2.42. The summed E-state index contributed by atoms with van der Waals surface area (Å²) in [6.07, 6.45) is 3.21. The molecule has 0 atom stereocenters. The van der Waals surface area contributed by atoms with Crippen molar-refractivity contribution in [3.05, 3.63) is 53.0 Å². The molecule has 0 bridgehead atoms. The molecular weight excluding hydrogens is 285 g/mol. The van der Waals surface area contributed by atoms with Gasteiger partial charge < -0.3 is 0 Å². The van der Waals surface area contributed by atoms with Crippen LogP contribution in [0.5, 0.6) is 0 Å². The maximum atomic E-state index is 6.10. The summed E-state index contributed by atoms with van der Waals surface area (Å²) < 4.78 is 1.36. The zero-order valence-electron chi connectivity index (χ0n) is 9.53. The Labute approximate surface area is 118 Å². The minimum absolute atomic E-state index is 0.182. The van der Waals surface area contributed by atoms with Crippen molar-refractivity contribution in [3.8, 4) is 17.3 Å². The van der Waals surface area contributed by atoms with Crippen molar-refractivity contribution in [3.63, 3.8) is 0 Å². The number of hydrogen-bond donors (Lipinski definition) is 0. The highest BCUT2D eigenvalue weighted by Crippen LogP contribution is 2.26. The lowest BCUT2D eigenvalue weighted by Gasteiger charge is -1.98. The monoisotopic (exact) mass is 291 g/mol. The fourth-order valence-electron chi connectivity index (χ4n) is 1.58. The van der Waals surface area contributed by atoms with Crippen molar-refractivity contribution in [2.24, 2.45) is 0 Å². The van der Waals surface area contributed by atoms with E-state index >= 15 is 0 Å². The number of benzene rings is 1. The van der Waals surface area contributed by atoms with Crippen LogP contribution in [-0.2, 0) is 0 Å². The van der Waals surface area contributed by atoms with Gasteiger partial charge in [0, 0.05) is 18.0 Å². The second-order valence-corrected chi connectivity index (χ2v) is 4.39. The predicted molar refractivity (Wildman–Crippen MR) is 72.4 cm³/mol. The molecule has 7 heteroatoms. The smallest absolute Gasteiger partial charge is 0.220 e. The number of nitrogens with zero attached hydrogens (tertiary/aromatic N) is 5. The van der Waals surface area contributed by atoms with Crippen LogP contribution in [0.3, 0.4) is 0 Å². The Bertz CT molecular complexity index is 711. The predicted octanol–water partition coefficient (Wildman–Crippen LogP) is 3.03. The first-order valence-electron chi connectivity index (χ1n) is 5.40. The normalized spacial score (nSPS) is 10.6. The third kappa shape index (κ3) is 2.30. The van der Waals surface area contributed by atoms with Gasteiger partial charge in [-0.3, -0.25) is 0 Å². The van der Waals surface area contributed by atoms with E-state index in [1.807, 2.05) is 18.2 Å². The zero-order chi connectivity index (χ0) is 13.2.